The highest BCUT2D eigenvalue weighted by Crippen LogP contribution is 2.11. The third kappa shape index (κ3) is 2.86. The van der Waals surface area contributed by atoms with Crippen LogP contribution in [0.15, 0.2) is 5.11 Å². The Balaban J connectivity index is 2.27. The molecule has 74 valence electrons. The number of likely N-dealkylation sites (tertiary alicyclic amines) is 1. The van der Waals surface area contributed by atoms with Gasteiger partial charge in [0.1, 0.15) is 0 Å². The number of methoxy groups -OCH3 is 1. The fourth-order valence-electron chi connectivity index (χ4n) is 1.48. The van der Waals surface area contributed by atoms with Crippen LogP contribution in [-0.4, -0.2) is 55.5 Å². The summed E-state index contributed by atoms with van der Waals surface area (Å²) in [5.74, 6) is 0. The number of aliphatic hydroxyl groups excluding tert-OH is 1. The Morgan fingerprint density at radius 1 is 1.69 bits per heavy atom. The molecule has 0 amide bonds. The van der Waals surface area contributed by atoms with Gasteiger partial charge in [0.05, 0.1) is 12.2 Å². The highest BCUT2D eigenvalue weighted by molar-refractivity contribution is 4.84. The second kappa shape index (κ2) is 5.04. The molecule has 1 rings (SSSR count). The average molecular weight is 186 g/mol. The molecule has 1 N–H and O–H groups in total. The Hall–Kier alpha value is -0.810. The molecule has 13 heavy (non-hydrogen) atoms. The van der Waals surface area contributed by atoms with E-state index in [1.165, 1.54) is 0 Å². The molecule has 0 bridgehead atoms. The van der Waals surface area contributed by atoms with Gasteiger partial charge in [0, 0.05) is 38.2 Å². The number of rotatable bonds is 4. The van der Waals surface area contributed by atoms with E-state index in [0.717, 1.165) is 0 Å². The molecule has 1 aliphatic rings. The molecule has 6 nitrogen and oxygen atoms in total. The Bertz CT molecular complexity index is 205. The number of ether oxygens (including phenoxy) is 1. The van der Waals surface area contributed by atoms with Crippen molar-refractivity contribution in [1.82, 2.24) is 4.90 Å². The normalized spacial score (nSPS) is 28.8. The maximum atomic E-state index is 9.45. The zero-order valence-corrected chi connectivity index (χ0v) is 7.63. The average Bonchev–Trinajstić information content (AvgIpc) is 2.47. The van der Waals surface area contributed by atoms with Crippen LogP contribution in [-0.2, 0) is 4.74 Å². The first-order valence-electron chi connectivity index (χ1n) is 4.22. The lowest BCUT2D eigenvalue weighted by atomic mass is 10.3. The molecule has 0 aromatic rings. The molecule has 0 saturated carbocycles. The first kappa shape index (κ1) is 10.3. The first-order chi connectivity index (χ1) is 6.27. The molecule has 0 spiro atoms. The molecule has 1 heterocycles. The van der Waals surface area contributed by atoms with Crippen LogP contribution in [0.3, 0.4) is 0 Å². The Kier molecular flexibility index (Phi) is 3.98. The Morgan fingerprint density at radius 3 is 3.00 bits per heavy atom. The van der Waals surface area contributed by atoms with Crippen LogP contribution in [0.1, 0.15) is 0 Å². The highest BCUT2D eigenvalue weighted by atomic mass is 16.5. The van der Waals surface area contributed by atoms with Crippen molar-refractivity contribution in [1.29, 1.82) is 0 Å². The summed E-state index contributed by atoms with van der Waals surface area (Å²) in [6.45, 7) is 2.43. The molecule has 0 aromatic heterocycles. The van der Waals surface area contributed by atoms with Gasteiger partial charge in [0.15, 0.2) is 0 Å². The van der Waals surface area contributed by atoms with Crippen LogP contribution in [0.4, 0.5) is 0 Å². The third-order valence-electron chi connectivity index (χ3n) is 2.19. The molecular formula is C7H14N4O2. The van der Waals surface area contributed by atoms with Crippen molar-refractivity contribution in [3.05, 3.63) is 10.4 Å². The van der Waals surface area contributed by atoms with E-state index >= 15 is 0 Å². The standard InChI is InChI=1S/C7H14N4O2/c1-13-7-5-11(4-6(7)12)3-2-9-10-8/h6-7,12H,2-5H2,1H3/t6-,7-/m0/s1. The predicted octanol–water partition coefficient (Wildman–Crippen LogP) is -0.0118. The smallest absolute Gasteiger partial charge is 0.0969 e. The fourth-order valence-corrected chi connectivity index (χ4v) is 1.48. The summed E-state index contributed by atoms with van der Waals surface area (Å²) in [6.07, 6.45) is -0.526. The number of azide groups is 1. The molecule has 1 fully saturated rings. The Labute approximate surface area is 76.7 Å². The van der Waals surface area contributed by atoms with Gasteiger partial charge in [-0.2, -0.15) is 0 Å². The van der Waals surface area contributed by atoms with E-state index in [4.69, 9.17) is 10.3 Å². The second-order valence-electron chi connectivity index (χ2n) is 3.06. The van der Waals surface area contributed by atoms with Crippen LogP contribution in [0.2, 0.25) is 0 Å². The monoisotopic (exact) mass is 186 g/mol. The third-order valence-corrected chi connectivity index (χ3v) is 2.19. The van der Waals surface area contributed by atoms with Gasteiger partial charge < -0.3 is 9.84 Å². The molecule has 2 atom stereocenters. The lowest BCUT2D eigenvalue weighted by molar-refractivity contribution is 0.0215. The summed E-state index contributed by atoms with van der Waals surface area (Å²) in [4.78, 5) is 4.68. The zero-order chi connectivity index (χ0) is 9.68. The molecule has 1 saturated heterocycles. The molecular weight excluding hydrogens is 172 g/mol. The van der Waals surface area contributed by atoms with E-state index in [1.54, 1.807) is 7.11 Å². The summed E-state index contributed by atoms with van der Waals surface area (Å²) in [5.41, 5.74) is 8.06. The van der Waals surface area contributed by atoms with Gasteiger partial charge in [0.2, 0.25) is 0 Å². The number of nitrogens with zero attached hydrogens (tertiary/aromatic N) is 4. The van der Waals surface area contributed by atoms with Crippen LogP contribution >= 0.6 is 0 Å². The van der Waals surface area contributed by atoms with Crippen LogP contribution in [0.25, 0.3) is 10.4 Å². The highest BCUT2D eigenvalue weighted by Gasteiger charge is 2.30. The predicted molar refractivity (Wildman–Crippen MR) is 47.3 cm³/mol. The van der Waals surface area contributed by atoms with Gasteiger partial charge in [0.25, 0.3) is 0 Å². The molecule has 0 aliphatic carbocycles. The Morgan fingerprint density at radius 2 is 2.46 bits per heavy atom. The minimum atomic E-state index is -0.420. The van der Waals surface area contributed by atoms with E-state index < -0.39 is 6.10 Å². The van der Waals surface area contributed by atoms with Crippen LogP contribution < -0.4 is 0 Å². The van der Waals surface area contributed by atoms with Crippen LogP contribution in [0.5, 0.6) is 0 Å². The fraction of sp³-hybridized carbons (Fsp3) is 1.00. The minimum Gasteiger partial charge on any atom is -0.389 e. The summed E-state index contributed by atoms with van der Waals surface area (Å²) >= 11 is 0. The van der Waals surface area contributed by atoms with E-state index in [2.05, 4.69) is 10.0 Å². The summed E-state index contributed by atoms with van der Waals surface area (Å²) in [6, 6.07) is 0. The molecule has 1 aliphatic heterocycles. The topological polar surface area (TPSA) is 81.5 Å². The number of aliphatic hydroxyl groups is 1. The van der Waals surface area contributed by atoms with E-state index in [9.17, 15) is 5.11 Å². The maximum absolute atomic E-state index is 9.45. The zero-order valence-electron chi connectivity index (χ0n) is 7.63. The van der Waals surface area contributed by atoms with Gasteiger partial charge in [-0.05, 0) is 5.53 Å². The number of hydrogen-bond acceptors (Lipinski definition) is 4. The van der Waals surface area contributed by atoms with Crippen molar-refractivity contribution in [2.75, 3.05) is 33.3 Å². The van der Waals surface area contributed by atoms with Crippen molar-refractivity contribution in [3.63, 3.8) is 0 Å². The van der Waals surface area contributed by atoms with Gasteiger partial charge in [-0.15, -0.1) is 0 Å². The van der Waals surface area contributed by atoms with Crippen molar-refractivity contribution in [2.45, 2.75) is 12.2 Å². The van der Waals surface area contributed by atoms with Crippen molar-refractivity contribution >= 4 is 0 Å². The lowest BCUT2D eigenvalue weighted by Gasteiger charge is -2.12. The van der Waals surface area contributed by atoms with Crippen molar-refractivity contribution < 1.29 is 9.84 Å². The van der Waals surface area contributed by atoms with Gasteiger partial charge >= 0.3 is 0 Å². The minimum absolute atomic E-state index is 0.105. The van der Waals surface area contributed by atoms with E-state index in [1.807, 2.05) is 4.90 Å². The molecule has 0 unspecified atom stereocenters. The molecule has 0 aromatic carbocycles. The van der Waals surface area contributed by atoms with E-state index in [-0.39, 0.29) is 6.10 Å². The van der Waals surface area contributed by atoms with Crippen molar-refractivity contribution in [3.8, 4) is 0 Å². The first-order valence-corrected chi connectivity index (χ1v) is 4.22. The summed E-state index contributed by atoms with van der Waals surface area (Å²) < 4.78 is 5.06. The summed E-state index contributed by atoms with van der Waals surface area (Å²) in [5, 5.41) is 12.9. The largest absolute Gasteiger partial charge is 0.389 e. The quantitative estimate of drug-likeness (QED) is 0.381. The maximum Gasteiger partial charge on any atom is 0.0969 e. The molecule has 0 radical (unpaired) electrons. The SMILES string of the molecule is CO[C@H]1CN(CCN=[N+]=[N-])C[C@@H]1O. The number of β-amino-alcohol motifs (C(OH)–C–C–N with tert-alkyl or cyclic N) is 1. The van der Waals surface area contributed by atoms with Crippen LogP contribution in [0, 0.1) is 0 Å². The summed E-state index contributed by atoms with van der Waals surface area (Å²) in [7, 11) is 1.59. The van der Waals surface area contributed by atoms with Crippen molar-refractivity contribution in [2.24, 2.45) is 5.11 Å². The van der Waals surface area contributed by atoms with Gasteiger partial charge in [-0.3, -0.25) is 4.90 Å². The van der Waals surface area contributed by atoms with E-state index in [0.29, 0.717) is 26.2 Å². The number of hydrogen-bond donors (Lipinski definition) is 1. The van der Waals surface area contributed by atoms with Gasteiger partial charge in [-0.25, -0.2) is 0 Å². The molecule has 6 heteroatoms. The van der Waals surface area contributed by atoms with Gasteiger partial charge in [-0.1, -0.05) is 5.11 Å². The lowest BCUT2D eigenvalue weighted by Crippen LogP contribution is -2.25. The second-order valence-corrected chi connectivity index (χ2v) is 3.06.